The molecule has 179 valence electrons. The maximum Gasteiger partial charge on any atom is 2.00 e. The van der Waals surface area contributed by atoms with E-state index in [1.54, 1.807) is 6.20 Å². The van der Waals surface area contributed by atoms with E-state index in [2.05, 4.69) is 43.4 Å². The summed E-state index contributed by atoms with van der Waals surface area (Å²) in [7, 11) is 0. The van der Waals surface area contributed by atoms with Crippen LogP contribution in [0.25, 0.3) is 11.1 Å². The first-order valence-electron chi connectivity index (χ1n) is 11.4. The van der Waals surface area contributed by atoms with Gasteiger partial charge in [0.25, 0.3) is 0 Å². The van der Waals surface area contributed by atoms with Gasteiger partial charge in [-0.1, -0.05) is 6.92 Å². The summed E-state index contributed by atoms with van der Waals surface area (Å²) in [6.07, 6.45) is 7.81. The predicted octanol–water partition coefficient (Wildman–Crippen LogP) is 5.66. The van der Waals surface area contributed by atoms with Crippen molar-refractivity contribution in [3.05, 3.63) is 60.8 Å². The van der Waals surface area contributed by atoms with E-state index in [1.807, 2.05) is 30.3 Å². The van der Waals surface area contributed by atoms with E-state index < -0.39 is 5.95 Å². The van der Waals surface area contributed by atoms with Gasteiger partial charge < -0.3 is 14.6 Å². The number of nitrogens with one attached hydrogen (secondary N) is 1. The van der Waals surface area contributed by atoms with Crippen LogP contribution in [0.4, 0.5) is 26.4 Å². The second kappa shape index (κ2) is 10.7. The first kappa shape index (κ1) is 24.5. The van der Waals surface area contributed by atoms with Crippen molar-refractivity contribution in [1.29, 1.82) is 0 Å². The van der Waals surface area contributed by atoms with Crippen LogP contribution in [0.3, 0.4) is 0 Å². The average molecular weight is 507 g/mol. The van der Waals surface area contributed by atoms with Crippen molar-refractivity contribution in [2.75, 3.05) is 10.2 Å². The van der Waals surface area contributed by atoms with E-state index in [0.29, 0.717) is 35.6 Å². The third-order valence-corrected chi connectivity index (χ3v) is 6.28. The number of benzene rings is 1. The second-order valence-electron chi connectivity index (χ2n) is 9.01. The molecule has 0 spiro atoms. The summed E-state index contributed by atoms with van der Waals surface area (Å²) in [5.41, 5.74) is 1.92. The standard InChI is InChI=1S/C22H22FN6.C3H4F.Co/c1-14-9-17-7-8-18(10-14)29(17)22-25-19(23)12-20(27-22)26-21-11-16(13-24-28-21)15-5-3-2-4-6-15;4-3-1-2-3;/h3-6,11-14,17-18H,7-10H2,1H3,(H,25,26,27,28);1-2H2;/q2*-1;+2. The molecule has 3 fully saturated rings. The zero-order valence-electron chi connectivity index (χ0n) is 18.8. The molecule has 6 rings (SSSR count). The summed E-state index contributed by atoms with van der Waals surface area (Å²) >= 11 is 0. The zero-order valence-corrected chi connectivity index (χ0v) is 19.9. The average Bonchev–Trinajstić information content (AvgIpc) is 3.54. The fraction of sp³-hybridized carbons (Fsp3) is 0.400. The number of fused-ring (bicyclic) bond motifs is 2. The minimum atomic E-state index is -0.543. The topological polar surface area (TPSA) is 66.8 Å². The van der Waals surface area contributed by atoms with Gasteiger partial charge in [0, 0.05) is 18.2 Å². The van der Waals surface area contributed by atoms with Crippen LogP contribution in [0.2, 0.25) is 0 Å². The summed E-state index contributed by atoms with van der Waals surface area (Å²) in [5, 5.41) is 11.3. The van der Waals surface area contributed by atoms with Crippen molar-refractivity contribution in [2.45, 2.75) is 57.5 Å². The van der Waals surface area contributed by atoms with Crippen molar-refractivity contribution >= 4 is 17.6 Å². The SMILES string of the molecule is CC1CC2CCC(C1)N2c1nc(F)cc(Nc2cc(-c3cc[c-]cc3)cnn2)n1.F[C-]1CC1.[Co+2]. The number of hydrogen-bond acceptors (Lipinski definition) is 6. The van der Waals surface area contributed by atoms with Crippen molar-refractivity contribution in [1.82, 2.24) is 20.2 Å². The van der Waals surface area contributed by atoms with Crippen molar-refractivity contribution < 1.29 is 25.6 Å². The summed E-state index contributed by atoms with van der Waals surface area (Å²) in [6, 6.07) is 14.6. The first-order chi connectivity index (χ1) is 16.0. The molecule has 2 bridgehead atoms. The van der Waals surface area contributed by atoms with Gasteiger partial charge in [-0.3, -0.25) is 0 Å². The Morgan fingerprint density at radius 3 is 2.35 bits per heavy atom. The van der Waals surface area contributed by atoms with E-state index in [1.165, 1.54) is 6.07 Å². The summed E-state index contributed by atoms with van der Waals surface area (Å²) in [5.74, 6) is 1.52. The van der Waals surface area contributed by atoms with Crippen LogP contribution in [0.1, 0.15) is 45.4 Å². The van der Waals surface area contributed by atoms with Crippen molar-refractivity contribution in [2.24, 2.45) is 5.92 Å². The number of halogens is 2. The Hall–Kier alpha value is -2.65. The summed E-state index contributed by atoms with van der Waals surface area (Å²) in [4.78, 5) is 10.9. The Bertz CT molecular complexity index is 1080. The molecule has 3 aliphatic rings. The molecule has 2 aliphatic heterocycles. The molecule has 1 aliphatic carbocycles. The number of aromatic nitrogens is 4. The van der Waals surface area contributed by atoms with Crippen LogP contribution in [-0.4, -0.2) is 32.2 Å². The fourth-order valence-electron chi connectivity index (χ4n) is 4.70. The van der Waals surface area contributed by atoms with E-state index in [9.17, 15) is 8.78 Å². The maximum atomic E-state index is 14.3. The van der Waals surface area contributed by atoms with Gasteiger partial charge in [0.1, 0.15) is 5.82 Å². The molecule has 2 aromatic heterocycles. The molecule has 0 amide bonds. The Balaban J connectivity index is 0.000000498. The van der Waals surface area contributed by atoms with Crippen LogP contribution in [0.15, 0.2) is 42.6 Å². The minimum Gasteiger partial charge on any atom is -0.456 e. The van der Waals surface area contributed by atoms with Gasteiger partial charge in [0.05, 0.1) is 6.20 Å². The number of nitrogens with zero attached hydrogens (tertiary/aromatic N) is 5. The minimum absolute atomic E-state index is 0. The van der Waals surface area contributed by atoms with Gasteiger partial charge in [0.15, 0.2) is 5.82 Å². The molecule has 6 nitrogen and oxygen atoms in total. The van der Waals surface area contributed by atoms with Gasteiger partial charge in [-0.05, 0) is 43.2 Å². The fourth-order valence-corrected chi connectivity index (χ4v) is 4.70. The molecule has 2 saturated heterocycles. The molecular formula is C25H26CoF2N6. The van der Waals surface area contributed by atoms with E-state index in [0.717, 1.165) is 49.7 Å². The van der Waals surface area contributed by atoms with E-state index in [-0.39, 0.29) is 23.0 Å². The van der Waals surface area contributed by atoms with Crippen LogP contribution in [0.5, 0.6) is 0 Å². The molecular weight excluding hydrogens is 481 g/mol. The Morgan fingerprint density at radius 2 is 1.71 bits per heavy atom. The van der Waals surface area contributed by atoms with Crippen molar-refractivity contribution in [3.8, 4) is 11.1 Å². The Morgan fingerprint density at radius 1 is 1.03 bits per heavy atom. The monoisotopic (exact) mass is 507 g/mol. The van der Waals surface area contributed by atoms with Gasteiger partial charge >= 0.3 is 16.8 Å². The molecule has 2 atom stereocenters. The quantitative estimate of drug-likeness (QED) is 0.363. The van der Waals surface area contributed by atoms with Crippen LogP contribution in [-0.2, 0) is 16.8 Å². The predicted molar refractivity (Wildman–Crippen MR) is 123 cm³/mol. The summed E-state index contributed by atoms with van der Waals surface area (Å²) < 4.78 is 25.4. The van der Waals surface area contributed by atoms with Gasteiger partial charge in [-0.15, -0.1) is 10.7 Å². The Kier molecular flexibility index (Phi) is 7.72. The van der Waals surface area contributed by atoms with Gasteiger partial charge in [0.2, 0.25) is 11.9 Å². The Labute approximate surface area is 208 Å². The maximum absolute atomic E-state index is 14.3. The van der Waals surface area contributed by atoms with Gasteiger partial charge in [-0.2, -0.15) is 68.8 Å². The molecule has 9 heteroatoms. The molecule has 1 N–H and O–H groups in total. The molecule has 1 aromatic carbocycles. The summed E-state index contributed by atoms with van der Waals surface area (Å²) in [6.45, 7) is 2.29. The number of anilines is 3. The zero-order chi connectivity index (χ0) is 22.8. The molecule has 1 saturated carbocycles. The van der Waals surface area contributed by atoms with Gasteiger partial charge in [-0.25, -0.2) is 0 Å². The third-order valence-electron chi connectivity index (χ3n) is 6.28. The number of piperidine rings is 1. The van der Waals surface area contributed by atoms with Crippen LogP contribution >= 0.6 is 0 Å². The largest absolute Gasteiger partial charge is 2.00 e. The number of rotatable bonds is 4. The van der Waals surface area contributed by atoms with Crippen LogP contribution < -0.4 is 10.2 Å². The van der Waals surface area contributed by atoms with E-state index >= 15 is 0 Å². The molecule has 4 heterocycles. The normalized spacial score (nSPS) is 22.9. The number of hydrogen-bond donors (Lipinski definition) is 1. The molecule has 1 radical (unpaired) electrons. The molecule has 2 unspecified atom stereocenters. The first-order valence-corrected chi connectivity index (χ1v) is 11.4. The van der Waals surface area contributed by atoms with E-state index in [4.69, 9.17) is 0 Å². The second-order valence-corrected chi connectivity index (χ2v) is 9.01. The molecule has 3 aromatic rings. The smallest absolute Gasteiger partial charge is 0.456 e. The van der Waals surface area contributed by atoms with Crippen LogP contribution in [0, 0.1) is 24.1 Å². The molecule has 34 heavy (non-hydrogen) atoms. The third kappa shape index (κ3) is 5.88. The van der Waals surface area contributed by atoms with Crippen molar-refractivity contribution in [3.63, 3.8) is 0 Å².